The molecule has 0 aliphatic rings. The predicted octanol–water partition coefficient (Wildman–Crippen LogP) is 4.12. The molecule has 3 aromatic rings. The van der Waals surface area contributed by atoms with E-state index in [0.29, 0.717) is 12.8 Å². The summed E-state index contributed by atoms with van der Waals surface area (Å²) in [7, 11) is 0. The van der Waals surface area contributed by atoms with E-state index in [-0.39, 0.29) is 13.1 Å². The summed E-state index contributed by atoms with van der Waals surface area (Å²) in [5.74, 6) is 0. The molecule has 0 fully saturated rings. The number of pyridine rings is 1. The second-order valence-corrected chi connectivity index (χ2v) is 12.7. The Morgan fingerprint density at radius 3 is 1.77 bits per heavy atom. The zero-order valence-corrected chi connectivity index (χ0v) is 26.0. The third-order valence-corrected chi connectivity index (χ3v) is 6.44. The number of amides is 2. The Balaban J connectivity index is 1.67. The van der Waals surface area contributed by atoms with Crippen molar-refractivity contribution >= 4 is 23.1 Å². The monoisotopic (exact) mass is 594 g/mol. The van der Waals surface area contributed by atoms with E-state index in [4.69, 9.17) is 9.47 Å². The van der Waals surface area contributed by atoms with Gasteiger partial charge in [-0.1, -0.05) is 48.5 Å². The highest BCUT2D eigenvalue weighted by Crippen LogP contribution is 2.16. The minimum atomic E-state index is -1.03. The number of nitrogens with one attached hydrogen (secondary N) is 3. The van der Waals surface area contributed by atoms with Gasteiger partial charge in [-0.05, 0) is 77.6 Å². The van der Waals surface area contributed by atoms with Gasteiger partial charge in [0.25, 0.3) is 0 Å². The van der Waals surface area contributed by atoms with Crippen LogP contribution in [0.15, 0.2) is 66.9 Å². The van der Waals surface area contributed by atoms with Crippen LogP contribution in [0.25, 0.3) is 10.9 Å². The van der Waals surface area contributed by atoms with Crippen molar-refractivity contribution in [3.05, 3.63) is 78.0 Å². The third kappa shape index (κ3) is 12.2. The van der Waals surface area contributed by atoms with E-state index in [0.717, 1.165) is 22.0 Å². The highest BCUT2D eigenvalue weighted by atomic mass is 16.6. The number of rotatable bonds is 12. The lowest BCUT2D eigenvalue weighted by Gasteiger charge is -2.29. The van der Waals surface area contributed by atoms with Crippen LogP contribution >= 0.6 is 0 Å². The molecule has 2 aromatic carbocycles. The van der Waals surface area contributed by atoms with Gasteiger partial charge in [-0.3, -0.25) is 4.98 Å². The van der Waals surface area contributed by atoms with Gasteiger partial charge < -0.3 is 35.6 Å². The second-order valence-electron chi connectivity index (χ2n) is 12.7. The van der Waals surface area contributed by atoms with Gasteiger partial charge in [0, 0.05) is 24.7 Å². The van der Waals surface area contributed by atoms with Gasteiger partial charge >= 0.3 is 12.2 Å². The number of fused-ring (bicyclic) bond motifs is 1. The van der Waals surface area contributed by atoms with E-state index in [1.54, 1.807) is 47.7 Å². The molecule has 3 rings (SSSR count). The zero-order valence-electron chi connectivity index (χ0n) is 26.0. The number of nitrogens with zero attached hydrogens (tertiary/aromatic N) is 1. The first kappa shape index (κ1) is 33.8. The normalized spacial score (nSPS) is 14.8. The molecule has 0 aliphatic carbocycles. The van der Waals surface area contributed by atoms with Crippen LogP contribution in [0, 0.1) is 0 Å². The van der Waals surface area contributed by atoms with Gasteiger partial charge in [0.15, 0.2) is 0 Å². The first-order valence-corrected chi connectivity index (χ1v) is 14.6. The molecule has 1 heterocycles. The number of alkyl carbamates (subject to hydrolysis) is 2. The van der Waals surface area contributed by atoms with Crippen molar-refractivity contribution in [2.75, 3.05) is 13.1 Å². The minimum absolute atomic E-state index is 0.0586. The third-order valence-electron chi connectivity index (χ3n) is 6.44. The highest BCUT2D eigenvalue weighted by Gasteiger charge is 2.28. The number of aromatic nitrogens is 1. The van der Waals surface area contributed by atoms with Crippen molar-refractivity contribution in [2.24, 2.45) is 0 Å². The number of carbonyl (C=O) groups excluding carboxylic acids is 2. The molecule has 0 spiro atoms. The molecule has 0 unspecified atom stereocenters. The number of hydrogen-bond acceptors (Lipinski definition) is 8. The summed E-state index contributed by atoms with van der Waals surface area (Å²) in [5.41, 5.74) is 1.23. The fourth-order valence-corrected chi connectivity index (χ4v) is 4.50. The fraction of sp³-hybridized carbons (Fsp3) is 0.485. The summed E-state index contributed by atoms with van der Waals surface area (Å²) in [6, 6.07) is 17.9. The zero-order chi connectivity index (χ0) is 31.6. The number of aliphatic hydroxyl groups excluding tert-OH is 2. The standard InChI is InChI=1S/C33H46N4O6/c1-32(2,3)42-30(40)36-26(17-22-12-8-7-9-13-22)28(38)20-34-21-29(39)27(37-31(41)43-33(4,5)6)18-23-16-24-14-10-11-15-25(24)35-19-23/h7-16,19,26-29,34,38-39H,17-18,20-21H2,1-6H3,(H,36,40)(H,37,41)/t26-,27-,28+,29-/m0/s1. The smallest absolute Gasteiger partial charge is 0.407 e. The second kappa shape index (κ2) is 15.1. The molecule has 0 saturated carbocycles. The van der Waals surface area contributed by atoms with Crippen LogP contribution in [0.4, 0.5) is 9.59 Å². The Labute approximate surface area is 254 Å². The van der Waals surface area contributed by atoms with Crippen molar-refractivity contribution in [3.8, 4) is 0 Å². The van der Waals surface area contributed by atoms with Gasteiger partial charge in [0.2, 0.25) is 0 Å². The van der Waals surface area contributed by atoms with E-state index in [1.807, 2.05) is 60.7 Å². The molecule has 43 heavy (non-hydrogen) atoms. The molecule has 0 aliphatic heterocycles. The summed E-state index contributed by atoms with van der Waals surface area (Å²) in [5, 5.41) is 31.9. The molecule has 234 valence electrons. The van der Waals surface area contributed by atoms with Crippen LogP contribution in [0.1, 0.15) is 52.7 Å². The maximum Gasteiger partial charge on any atom is 0.407 e. The van der Waals surface area contributed by atoms with Crippen molar-refractivity contribution in [1.29, 1.82) is 0 Å². The summed E-state index contributed by atoms with van der Waals surface area (Å²) >= 11 is 0. The molecule has 4 atom stereocenters. The number of benzene rings is 2. The van der Waals surface area contributed by atoms with E-state index in [9.17, 15) is 19.8 Å². The quantitative estimate of drug-likeness (QED) is 0.211. The topological polar surface area (TPSA) is 142 Å². The largest absolute Gasteiger partial charge is 0.444 e. The lowest BCUT2D eigenvalue weighted by atomic mass is 10.00. The molecule has 0 saturated heterocycles. The molecule has 10 heteroatoms. The number of aliphatic hydroxyl groups is 2. The molecule has 0 bridgehead atoms. The lowest BCUT2D eigenvalue weighted by Crippen LogP contribution is -2.53. The van der Waals surface area contributed by atoms with Gasteiger partial charge in [-0.15, -0.1) is 0 Å². The SMILES string of the molecule is CC(C)(C)OC(=O)N[C@@H](Cc1ccccc1)[C@H](O)CNC[C@H](O)[C@H](Cc1cnc2ccccc2c1)NC(=O)OC(C)(C)C. The Kier molecular flexibility index (Phi) is 11.9. The van der Waals surface area contributed by atoms with Crippen LogP contribution < -0.4 is 16.0 Å². The van der Waals surface area contributed by atoms with Gasteiger partial charge in [0.05, 0.1) is 29.8 Å². The van der Waals surface area contributed by atoms with Crippen LogP contribution in [0.3, 0.4) is 0 Å². The van der Waals surface area contributed by atoms with E-state index >= 15 is 0 Å². The first-order valence-electron chi connectivity index (χ1n) is 14.6. The van der Waals surface area contributed by atoms with Gasteiger partial charge in [0.1, 0.15) is 11.2 Å². The van der Waals surface area contributed by atoms with E-state index in [2.05, 4.69) is 20.9 Å². The number of ether oxygens (including phenoxy) is 2. The highest BCUT2D eigenvalue weighted by molar-refractivity contribution is 5.78. The Morgan fingerprint density at radius 1 is 0.744 bits per heavy atom. The van der Waals surface area contributed by atoms with Gasteiger partial charge in [-0.25, -0.2) is 9.59 Å². The maximum atomic E-state index is 12.7. The van der Waals surface area contributed by atoms with Crippen molar-refractivity contribution in [2.45, 2.75) is 89.9 Å². The summed E-state index contributed by atoms with van der Waals surface area (Å²) in [6.45, 7) is 10.8. The summed E-state index contributed by atoms with van der Waals surface area (Å²) in [6.07, 6.45) is -0.887. The fourth-order valence-electron chi connectivity index (χ4n) is 4.50. The number of carbonyl (C=O) groups is 2. The Morgan fingerprint density at radius 2 is 1.23 bits per heavy atom. The van der Waals surface area contributed by atoms with Crippen molar-refractivity contribution in [3.63, 3.8) is 0 Å². The summed E-state index contributed by atoms with van der Waals surface area (Å²) < 4.78 is 10.8. The van der Waals surface area contributed by atoms with Crippen molar-refractivity contribution in [1.82, 2.24) is 20.9 Å². The van der Waals surface area contributed by atoms with Crippen molar-refractivity contribution < 1.29 is 29.3 Å². The van der Waals surface area contributed by atoms with Crippen LogP contribution in [0.5, 0.6) is 0 Å². The average molecular weight is 595 g/mol. The molecule has 5 N–H and O–H groups in total. The Hall–Kier alpha value is -3.73. The molecular weight excluding hydrogens is 548 g/mol. The molecule has 2 amide bonds. The van der Waals surface area contributed by atoms with Crippen LogP contribution in [-0.2, 0) is 22.3 Å². The lowest BCUT2D eigenvalue weighted by molar-refractivity contribution is 0.0399. The van der Waals surface area contributed by atoms with Gasteiger partial charge in [-0.2, -0.15) is 0 Å². The van der Waals surface area contributed by atoms with E-state index < -0.39 is 47.7 Å². The van der Waals surface area contributed by atoms with Crippen LogP contribution in [0.2, 0.25) is 0 Å². The minimum Gasteiger partial charge on any atom is -0.444 e. The molecule has 10 nitrogen and oxygen atoms in total. The van der Waals surface area contributed by atoms with E-state index in [1.165, 1.54) is 0 Å². The average Bonchev–Trinajstić information content (AvgIpc) is 2.90. The number of hydrogen-bond donors (Lipinski definition) is 5. The molecule has 1 aromatic heterocycles. The molecule has 0 radical (unpaired) electrons. The summed E-state index contributed by atoms with van der Waals surface area (Å²) in [4.78, 5) is 29.7. The molecular formula is C33H46N4O6. The number of para-hydroxylation sites is 1. The maximum absolute atomic E-state index is 12.7. The predicted molar refractivity (Wildman–Crippen MR) is 167 cm³/mol. The first-order chi connectivity index (χ1) is 20.2. The van der Waals surface area contributed by atoms with Crippen LogP contribution in [-0.4, -0.2) is 76.0 Å². The Bertz CT molecular complexity index is 1320.